The van der Waals surface area contributed by atoms with Crippen LogP contribution in [0.5, 0.6) is 5.75 Å². The molecule has 0 bridgehead atoms. The van der Waals surface area contributed by atoms with Crippen molar-refractivity contribution in [2.75, 3.05) is 0 Å². The average Bonchev–Trinajstić information content (AvgIpc) is 2.50. The fraction of sp³-hybridized carbons (Fsp3) is 0.176. The third-order valence-electron chi connectivity index (χ3n) is 2.93. The third kappa shape index (κ3) is 4.80. The van der Waals surface area contributed by atoms with Gasteiger partial charge in [-0.25, -0.2) is 0 Å². The van der Waals surface area contributed by atoms with Gasteiger partial charge in [-0.1, -0.05) is 59.0 Å². The highest BCUT2D eigenvalue weighted by atomic mass is 79.9. The van der Waals surface area contributed by atoms with Crippen molar-refractivity contribution in [1.82, 2.24) is 0 Å². The zero-order chi connectivity index (χ0) is 17.0. The summed E-state index contributed by atoms with van der Waals surface area (Å²) < 4.78 is 6.24. The maximum atomic E-state index is 11.8. The second kappa shape index (κ2) is 7.95. The number of rotatable bonds is 4. The average molecular weight is 415 g/mol. The Labute approximate surface area is 153 Å². The fourth-order valence-electron chi connectivity index (χ4n) is 1.67. The van der Waals surface area contributed by atoms with Gasteiger partial charge >= 0.3 is 5.97 Å². The summed E-state index contributed by atoms with van der Waals surface area (Å²) in [6.07, 6.45) is 1.59. The lowest BCUT2D eigenvalue weighted by Gasteiger charge is -2.09. The molecule has 0 spiro atoms. The van der Waals surface area contributed by atoms with E-state index in [-0.39, 0.29) is 11.9 Å². The van der Waals surface area contributed by atoms with Gasteiger partial charge in [0.25, 0.3) is 0 Å². The summed E-state index contributed by atoms with van der Waals surface area (Å²) in [6.45, 7) is 3.56. The van der Waals surface area contributed by atoms with Crippen molar-refractivity contribution in [3.8, 4) is 5.75 Å². The van der Waals surface area contributed by atoms with Gasteiger partial charge in [0.2, 0.25) is 0 Å². The highest BCUT2D eigenvalue weighted by Crippen LogP contribution is 2.32. The first-order valence-electron chi connectivity index (χ1n) is 6.88. The number of esters is 1. The molecule has 0 heterocycles. The molecule has 0 aliphatic rings. The van der Waals surface area contributed by atoms with Crippen molar-refractivity contribution in [2.45, 2.75) is 13.8 Å². The minimum atomic E-state index is -0.303. The number of benzene rings is 2. The molecule has 0 aliphatic heterocycles. The van der Waals surface area contributed by atoms with Crippen LogP contribution in [-0.4, -0.2) is 12.2 Å². The number of aliphatic imine (C=N–C) groups is 1. The van der Waals surface area contributed by atoms with Crippen LogP contribution in [0.2, 0.25) is 10.0 Å². The van der Waals surface area contributed by atoms with Gasteiger partial charge < -0.3 is 4.74 Å². The fourth-order valence-corrected chi connectivity index (χ4v) is 2.39. The zero-order valence-electron chi connectivity index (χ0n) is 12.5. The van der Waals surface area contributed by atoms with E-state index in [1.54, 1.807) is 50.4 Å². The lowest BCUT2D eigenvalue weighted by atomic mass is 10.2. The molecule has 0 N–H and O–H groups in total. The highest BCUT2D eigenvalue weighted by Gasteiger charge is 2.12. The van der Waals surface area contributed by atoms with Gasteiger partial charge in [0.05, 0.1) is 21.7 Å². The summed E-state index contributed by atoms with van der Waals surface area (Å²) in [7, 11) is 0. The van der Waals surface area contributed by atoms with Crippen LogP contribution in [0.4, 0.5) is 5.69 Å². The maximum Gasteiger partial charge on any atom is 0.313 e. The number of carbonyl (C=O) groups excluding carboxylic acids is 1. The van der Waals surface area contributed by atoms with Crippen molar-refractivity contribution in [2.24, 2.45) is 10.9 Å². The summed E-state index contributed by atoms with van der Waals surface area (Å²) in [4.78, 5) is 16.1. The van der Waals surface area contributed by atoms with Crippen molar-refractivity contribution >= 4 is 57.0 Å². The molecule has 0 saturated carbocycles. The SMILES string of the molecule is CC(C)C(=O)Oc1ccc(Br)cc1C=Nc1cccc(Cl)c1Cl. The molecule has 0 amide bonds. The topological polar surface area (TPSA) is 38.7 Å². The molecule has 0 atom stereocenters. The van der Waals surface area contributed by atoms with E-state index < -0.39 is 0 Å². The smallest absolute Gasteiger partial charge is 0.313 e. The van der Waals surface area contributed by atoms with E-state index >= 15 is 0 Å². The van der Waals surface area contributed by atoms with Crippen LogP contribution < -0.4 is 4.74 Å². The van der Waals surface area contributed by atoms with E-state index in [0.29, 0.717) is 27.0 Å². The lowest BCUT2D eigenvalue weighted by molar-refractivity contribution is -0.137. The molecule has 0 saturated heterocycles. The normalized spacial score (nSPS) is 11.2. The Balaban J connectivity index is 2.34. The van der Waals surface area contributed by atoms with E-state index in [0.717, 1.165) is 4.47 Å². The number of carbonyl (C=O) groups is 1. The molecular formula is C17H14BrCl2NO2. The minimum absolute atomic E-state index is 0.217. The van der Waals surface area contributed by atoms with E-state index in [1.165, 1.54) is 0 Å². The summed E-state index contributed by atoms with van der Waals surface area (Å²) in [5, 5.41) is 0.808. The number of nitrogens with zero attached hydrogens (tertiary/aromatic N) is 1. The van der Waals surface area contributed by atoms with Crippen molar-refractivity contribution in [3.63, 3.8) is 0 Å². The Morgan fingerprint density at radius 1 is 1.26 bits per heavy atom. The molecule has 23 heavy (non-hydrogen) atoms. The molecule has 0 unspecified atom stereocenters. The van der Waals surface area contributed by atoms with Crippen molar-refractivity contribution in [1.29, 1.82) is 0 Å². The Hall–Kier alpha value is -1.36. The number of hydrogen-bond donors (Lipinski definition) is 0. The lowest BCUT2D eigenvalue weighted by Crippen LogP contribution is -2.15. The highest BCUT2D eigenvalue weighted by molar-refractivity contribution is 9.10. The van der Waals surface area contributed by atoms with Gasteiger partial charge in [0.1, 0.15) is 5.75 Å². The van der Waals surface area contributed by atoms with Gasteiger partial charge in [-0.05, 0) is 30.3 Å². The van der Waals surface area contributed by atoms with Crippen LogP contribution in [0.3, 0.4) is 0 Å². The van der Waals surface area contributed by atoms with Crippen LogP contribution in [0.1, 0.15) is 19.4 Å². The number of halogens is 3. The largest absolute Gasteiger partial charge is 0.426 e. The molecular weight excluding hydrogens is 401 g/mol. The van der Waals surface area contributed by atoms with Gasteiger partial charge in [0.15, 0.2) is 0 Å². The van der Waals surface area contributed by atoms with Crippen LogP contribution in [-0.2, 0) is 4.79 Å². The Morgan fingerprint density at radius 2 is 2.00 bits per heavy atom. The summed E-state index contributed by atoms with van der Waals surface area (Å²) in [5.41, 5.74) is 1.20. The van der Waals surface area contributed by atoms with Crippen LogP contribution in [0.25, 0.3) is 0 Å². The first-order chi connectivity index (χ1) is 10.9. The van der Waals surface area contributed by atoms with Gasteiger partial charge in [-0.2, -0.15) is 0 Å². The Kier molecular flexibility index (Phi) is 6.22. The van der Waals surface area contributed by atoms with Crippen molar-refractivity contribution in [3.05, 3.63) is 56.5 Å². The number of ether oxygens (including phenoxy) is 1. The van der Waals surface area contributed by atoms with E-state index in [1.807, 2.05) is 6.07 Å². The van der Waals surface area contributed by atoms with Crippen LogP contribution in [0.15, 0.2) is 45.9 Å². The predicted octanol–water partition coefficient (Wildman–Crippen LogP) is 6.07. The predicted molar refractivity (Wildman–Crippen MR) is 98.3 cm³/mol. The molecule has 6 heteroatoms. The molecule has 0 aromatic heterocycles. The molecule has 0 radical (unpaired) electrons. The third-order valence-corrected chi connectivity index (χ3v) is 4.23. The second-order valence-corrected chi connectivity index (χ2v) is 6.79. The summed E-state index contributed by atoms with van der Waals surface area (Å²) >= 11 is 15.5. The molecule has 2 aromatic carbocycles. The first-order valence-corrected chi connectivity index (χ1v) is 8.42. The molecule has 2 aromatic rings. The Bertz CT molecular complexity index is 760. The molecule has 0 fully saturated rings. The molecule has 0 aliphatic carbocycles. The quantitative estimate of drug-likeness (QED) is 0.346. The summed E-state index contributed by atoms with van der Waals surface area (Å²) in [6, 6.07) is 10.5. The molecule has 120 valence electrons. The monoisotopic (exact) mass is 413 g/mol. The maximum absolute atomic E-state index is 11.8. The summed E-state index contributed by atoms with van der Waals surface area (Å²) in [5.74, 6) is -0.0811. The molecule has 3 nitrogen and oxygen atoms in total. The minimum Gasteiger partial charge on any atom is -0.426 e. The van der Waals surface area contributed by atoms with E-state index in [2.05, 4.69) is 20.9 Å². The van der Waals surface area contributed by atoms with Gasteiger partial charge in [-0.3, -0.25) is 9.79 Å². The van der Waals surface area contributed by atoms with E-state index in [4.69, 9.17) is 27.9 Å². The van der Waals surface area contributed by atoms with E-state index in [9.17, 15) is 4.79 Å². The standard InChI is InChI=1S/C17H14BrCl2NO2/c1-10(2)17(22)23-15-7-6-12(18)8-11(15)9-21-14-5-3-4-13(19)16(14)20/h3-10H,1-2H3. The van der Waals surface area contributed by atoms with Gasteiger partial charge in [0, 0.05) is 16.3 Å². The van der Waals surface area contributed by atoms with Crippen molar-refractivity contribution < 1.29 is 9.53 Å². The first kappa shape index (κ1) is 18.0. The van der Waals surface area contributed by atoms with Crippen LogP contribution >= 0.6 is 39.1 Å². The van der Waals surface area contributed by atoms with Gasteiger partial charge in [-0.15, -0.1) is 0 Å². The zero-order valence-corrected chi connectivity index (χ0v) is 15.6. The number of hydrogen-bond acceptors (Lipinski definition) is 3. The second-order valence-electron chi connectivity index (χ2n) is 5.09. The van der Waals surface area contributed by atoms with Crippen LogP contribution in [0, 0.1) is 5.92 Å². The molecule has 2 rings (SSSR count). The Morgan fingerprint density at radius 3 is 2.70 bits per heavy atom.